The molecule has 21 heavy (non-hydrogen) atoms. The number of amides is 1. The third-order valence-electron chi connectivity index (χ3n) is 3.92. The first kappa shape index (κ1) is 15.8. The first-order valence-corrected chi connectivity index (χ1v) is 7.40. The summed E-state index contributed by atoms with van der Waals surface area (Å²) in [4.78, 5) is 25.3. The molecule has 0 saturated carbocycles. The third kappa shape index (κ3) is 3.36. The number of carbonyl (C=O) groups excluding carboxylic acids is 1. The van der Waals surface area contributed by atoms with Crippen molar-refractivity contribution in [1.29, 1.82) is 0 Å². The van der Waals surface area contributed by atoms with Crippen LogP contribution < -0.4 is 10.2 Å². The van der Waals surface area contributed by atoms with Crippen LogP contribution in [0.4, 0.5) is 5.69 Å². The number of halogens is 1. The van der Waals surface area contributed by atoms with Crippen molar-refractivity contribution in [2.45, 2.75) is 31.7 Å². The molecule has 1 aromatic rings. The summed E-state index contributed by atoms with van der Waals surface area (Å²) >= 11 is 5.96. The van der Waals surface area contributed by atoms with Gasteiger partial charge in [-0.1, -0.05) is 24.6 Å². The van der Waals surface area contributed by atoms with Crippen LogP contribution >= 0.6 is 11.6 Å². The molecule has 2 rings (SSSR count). The summed E-state index contributed by atoms with van der Waals surface area (Å²) in [6.45, 7) is 2.34. The van der Waals surface area contributed by atoms with Gasteiger partial charge in [0.1, 0.15) is 6.54 Å². The second-order valence-electron chi connectivity index (χ2n) is 5.23. The Balaban J connectivity index is 2.35. The molecule has 1 unspecified atom stereocenters. The highest BCUT2D eigenvalue weighted by Crippen LogP contribution is 2.29. The maximum absolute atomic E-state index is 12.9. The lowest BCUT2D eigenvalue weighted by molar-refractivity contribution is -0.137. The fourth-order valence-corrected chi connectivity index (χ4v) is 2.94. The Morgan fingerprint density at radius 1 is 1.48 bits per heavy atom. The molecule has 1 atom stereocenters. The predicted molar refractivity (Wildman–Crippen MR) is 81.7 cm³/mol. The zero-order valence-electron chi connectivity index (χ0n) is 11.9. The highest BCUT2D eigenvalue weighted by molar-refractivity contribution is 6.31. The van der Waals surface area contributed by atoms with Crippen molar-refractivity contribution in [3.05, 3.63) is 29.3 Å². The highest BCUT2D eigenvalue weighted by Gasteiger charge is 2.42. The van der Waals surface area contributed by atoms with Crippen molar-refractivity contribution in [3.63, 3.8) is 0 Å². The summed E-state index contributed by atoms with van der Waals surface area (Å²) in [5, 5.41) is 12.8. The van der Waals surface area contributed by atoms with Crippen LogP contribution in [0.2, 0.25) is 5.02 Å². The summed E-state index contributed by atoms with van der Waals surface area (Å²) < 4.78 is 0. The van der Waals surface area contributed by atoms with Gasteiger partial charge in [-0.25, -0.2) is 0 Å². The summed E-state index contributed by atoms with van der Waals surface area (Å²) in [5.74, 6) is -1.25. The quantitative estimate of drug-likeness (QED) is 0.875. The van der Waals surface area contributed by atoms with Crippen LogP contribution in [-0.2, 0) is 9.59 Å². The number of carboxylic acids is 1. The monoisotopic (exact) mass is 310 g/mol. The van der Waals surface area contributed by atoms with Crippen LogP contribution in [0.5, 0.6) is 0 Å². The van der Waals surface area contributed by atoms with E-state index >= 15 is 0 Å². The van der Waals surface area contributed by atoms with Crippen molar-refractivity contribution < 1.29 is 14.7 Å². The number of aliphatic carboxylic acids is 1. The minimum absolute atomic E-state index is 0.202. The van der Waals surface area contributed by atoms with Crippen LogP contribution in [0.3, 0.4) is 0 Å². The van der Waals surface area contributed by atoms with E-state index in [1.165, 1.54) is 4.90 Å². The van der Waals surface area contributed by atoms with Gasteiger partial charge in [-0.05, 0) is 44.0 Å². The highest BCUT2D eigenvalue weighted by atomic mass is 35.5. The fourth-order valence-electron chi connectivity index (χ4n) is 2.76. The SMILES string of the molecule is CCC1(C(=O)N(CC(=O)O)c2cccc(Cl)c2)CCCN1. The van der Waals surface area contributed by atoms with Gasteiger partial charge in [-0.15, -0.1) is 0 Å². The molecule has 0 bridgehead atoms. The number of carboxylic acid groups (broad SMARTS) is 1. The Labute approximate surface area is 128 Å². The lowest BCUT2D eigenvalue weighted by Gasteiger charge is -2.33. The third-order valence-corrected chi connectivity index (χ3v) is 4.15. The Bertz CT molecular complexity index is 541. The van der Waals surface area contributed by atoms with Crippen LogP contribution in [-0.4, -0.2) is 35.6 Å². The maximum Gasteiger partial charge on any atom is 0.323 e. The van der Waals surface area contributed by atoms with Gasteiger partial charge < -0.3 is 10.4 Å². The number of benzene rings is 1. The maximum atomic E-state index is 12.9. The fraction of sp³-hybridized carbons (Fsp3) is 0.467. The first-order valence-electron chi connectivity index (χ1n) is 7.03. The number of hydrogen-bond acceptors (Lipinski definition) is 3. The van der Waals surface area contributed by atoms with Gasteiger partial charge in [0.05, 0.1) is 5.54 Å². The zero-order chi connectivity index (χ0) is 15.5. The number of anilines is 1. The molecule has 0 radical (unpaired) electrons. The van der Waals surface area contributed by atoms with Gasteiger partial charge in [0, 0.05) is 10.7 Å². The molecule has 1 amide bonds. The van der Waals surface area contributed by atoms with Gasteiger partial charge in [-0.3, -0.25) is 14.5 Å². The molecule has 1 aliphatic rings. The van der Waals surface area contributed by atoms with E-state index in [-0.39, 0.29) is 12.5 Å². The summed E-state index contributed by atoms with van der Waals surface area (Å²) in [6, 6.07) is 6.71. The lowest BCUT2D eigenvalue weighted by Crippen LogP contribution is -2.55. The van der Waals surface area contributed by atoms with E-state index in [1.54, 1.807) is 24.3 Å². The van der Waals surface area contributed by atoms with Gasteiger partial charge >= 0.3 is 5.97 Å². The molecule has 1 fully saturated rings. The molecule has 1 heterocycles. The second kappa shape index (κ2) is 6.45. The van der Waals surface area contributed by atoms with Gasteiger partial charge in [-0.2, -0.15) is 0 Å². The molecule has 0 spiro atoms. The van der Waals surface area contributed by atoms with Crippen molar-refractivity contribution >= 4 is 29.2 Å². The van der Waals surface area contributed by atoms with Crippen molar-refractivity contribution in [3.8, 4) is 0 Å². The summed E-state index contributed by atoms with van der Waals surface area (Å²) in [6.07, 6.45) is 2.26. The van der Waals surface area contributed by atoms with E-state index in [9.17, 15) is 9.59 Å². The standard InChI is InChI=1S/C15H19ClN2O3/c1-2-15(7-4-8-17-15)14(21)18(10-13(19)20)12-6-3-5-11(16)9-12/h3,5-6,9,17H,2,4,7-8,10H2,1H3,(H,19,20). The molecule has 5 nitrogen and oxygen atoms in total. The number of rotatable bonds is 5. The number of hydrogen-bond donors (Lipinski definition) is 2. The average Bonchev–Trinajstić information content (AvgIpc) is 2.94. The Morgan fingerprint density at radius 3 is 2.76 bits per heavy atom. The number of carbonyl (C=O) groups is 2. The predicted octanol–water partition coefficient (Wildman–Crippen LogP) is 2.29. The Hall–Kier alpha value is -1.59. The van der Waals surface area contributed by atoms with Gasteiger partial charge in [0.25, 0.3) is 0 Å². The first-order chi connectivity index (χ1) is 9.98. The van der Waals surface area contributed by atoms with Gasteiger partial charge in [0.15, 0.2) is 0 Å². The van der Waals surface area contributed by atoms with Crippen LogP contribution in [0.1, 0.15) is 26.2 Å². The minimum Gasteiger partial charge on any atom is -0.480 e. The van der Waals surface area contributed by atoms with E-state index in [2.05, 4.69) is 5.32 Å². The van der Waals surface area contributed by atoms with Crippen LogP contribution in [0, 0.1) is 0 Å². The zero-order valence-corrected chi connectivity index (χ0v) is 12.7. The Kier molecular flexibility index (Phi) is 4.85. The number of nitrogens with one attached hydrogen (secondary N) is 1. The average molecular weight is 311 g/mol. The van der Waals surface area contributed by atoms with Crippen LogP contribution in [0.25, 0.3) is 0 Å². The lowest BCUT2D eigenvalue weighted by atomic mass is 9.92. The summed E-state index contributed by atoms with van der Waals surface area (Å²) in [7, 11) is 0. The Morgan fingerprint density at radius 2 is 2.24 bits per heavy atom. The molecular formula is C15H19ClN2O3. The van der Waals surface area contributed by atoms with Crippen molar-refractivity contribution in [2.24, 2.45) is 0 Å². The molecule has 6 heteroatoms. The molecule has 1 aliphatic heterocycles. The molecule has 0 aromatic heterocycles. The van der Waals surface area contributed by atoms with Crippen molar-refractivity contribution in [1.82, 2.24) is 5.32 Å². The molecule has 114 valence electrons. The topological polar surface area (TPSA) is 69.6 Å². The minimum atomic E-state index is -1.05. The van der Waals surface area contributed by atoms with Crippen LogP contribution in [0.15, 0.2) is 24.3 Å². The van der Waals surface area contributed by atoms with Gasteiger partial charge in [0.2, 0.25) is 5.91 Å². The second-order valence-corrected chi connectivity index (χ2v) is 5.67. The largest absolute Gasteiger partial charge is 0.480 e. The molecule has 0 aliphatic carbocycles. The molecular weight excluding hydrogens is 292 g/mol. The normalized spacial score (nSPS) is 21.2. The van der Waals surface area contributed by atoms with E-state index in [0.29, 0.717) is 17.1 Å². The molecule has 2 N–H and O–H groups in total. The number of nitrogens with zero attached hydrogens (tertiary/aromatic N) is 1. The van der Waals surface area contributed by atoms with Crippen molar-refractivity contribution in [2.75, 3.05) is 18.0 Å². The van der Waals surface area contributed by atoms with E-state index in [1.807, 2.05) is 6.92 Å². The van der Waals surface area contributed by atoms with E-state index in [4.69, 9.17) is 16.7 Å². The smallest absolute Gasteiger partial charge is 0.323 e. The molecule has 1 aromatic carbocycles. The molecule has 1 saturated heterocycles. The van der Waals surface area contributed by atoms with E-state index < -0.39 is 11.5 Å². The summed E-state index contributed by atoms with van der Waals surface area (Å²) in [5.41, 5.74) is -0.158. The van der Waals surface area contributed by atoms with E-state index in [0.717, 1.165) is 19.4 Å².